The maximum atomic E-state index is 12.3. The Bertz CT molecular complexity index is 823. The molecule has 0 spiro atoms. The van der Waals surface area contributed by atoms with Gasteiger partial charge in [-0.2, -0.15) is 5.10 Å². The molecule has 0 unspecified atom stereocenters. The molecule has 1 aromatic carbocycles. The molecule has 0 radical (unpaired) electrons. The number of para-hydroxylation sites is 1. The van der Waals surface area contributed by atoms with Crippen LogP contribution in [0, 0.1) is 13.8 Å². The molecule has 3 amide bonds. The molecular formula is C17H19N5O3. The van der Waals surface area contributed by atoms with Crippen LogP contribution >= 0.6 is 0 Å². The number of aryl methyl sites for hydroxylation is 2. The number of aromatic amines is 1. The number of nitrogens with one attached hydrogen (secondary N) is 4. The Morgan fingerprint density at radius 2 is 2.00 bits per heavy atom. The molecule has 2 heterocycles. The van der Waals surface area contributed by atoms with Crippen molar-refractivity contribution in [3.63, 3.8) is 0 Å². The molecule has 8 heteroatoms. The fraction of sp³-hybridized carbons (Fsp3) is 0.294. The minimum Gasteiger partial charge on any atom is -0.352 e. The van der Waals surface area contributed by atoms with Gasteiger partial charge >= 0.3 is 0 Å². The SMILES string of the molecule is Cc1n[nH]c(C)c1CNC(=O)C[C@@H]1NC(=O)c2ccccc2NC1=O. The van der Waals surface area contributed by atoms with Gasteiger partial charge in [-0.1, -0.05) is 12.1 Å². The van der Waals surface area contributed by atoms with Gasteiger partial charge in [0.1, 0.15) is 6.04 Å². The Hall–Kier alpha value is -3.16. The number of nitrogens with zero attached hydrogens (tertiary/aromatic N) is 1. The van der Waals surface area contributed by atoms with Crippen LogP contribution in [0.25, 0.3) is 0 Å². The molecule has 1 atom stereocenters. The summed E-state index contributed by atoms with van der Waals surface area (Å²) < 4.78 is 0. The van der Waals surface area contributed by atoms with Gasteiger partial charge in [0.25, 0.3) is 5.91 Å². The van der Waals surface area contributed by atoms with E-state index in [2.05, 4.69) is 26.1 Å². The number of H-pyrrole nitrogens is 1. The predicted molar refractivity (Wildman–Crippen MR) is 90.9 cm³/mol. The zero-order valence-electron chi connectivity index (χ0n) is 14.0. The van der Waals surface area contributed by atoms with E-state index in [1.165, 1.54) is 0 Å². The van der Waals surface area contributed by atoms with E-state index in [1.807, 2.05) is 13.8 Å². The highest BCUT2D eigenvalue weighted by atomic mass is 16.2. The molecule has 0 bridgehead atoms. The predicted octanol–water partition coefficient (Wildman–Crippen LogP) is 0.784. The van der Waals surface area contributed by atoms with Gasteiger partial charge in [0.15, 0.2) is 0 Å². The lowest BCUT2D eigenvalue weighted by molar-refractivity contribution is -0.125. The van der Waals surface area contributed by atoms with Gasteiger partial charge < -0.3 is 16.0 Å². The molecule has 3 rings (SSSR count). The Kier molecular flexibility index (Phi) is 4.51. The van der Waals surface area contributed by atoms with Gasteiger partial charge in [-0.25, -0.2) is 0 Å². The minimum absolute atomic E-state index is 0.137. The van der Waals surface area contributed by atoms with Gasteiger partial charge in [0.2, 0.25) is 11.8 Å². The highest BCUT2D eigenvalue weighted by Gasteiger charge is 2.29. The van der Waals surface area contributed by atoms with Crippen LogP contribution in [-0.4, -0.2) is 34.0 Å². The van der Waals surface area contributed by atoms with Crippen LogP contribution in [0.5, 0.6) is 0 Å². The van der Waals surface area contributed by atoms with Gasteiger partial charge in [-0.3, -0.25) is 19.5 Å². The Morgan fingerprint density at radius 3 is 2.72 bits per heavy atom. The number of aromatic nitrogens is 2. The van der Waals surface area contributed by atoms with E-state index >= 15 is 0 Å². The fourth-order valence-electron chi connectivity index (χ4n) is 2.73. The standard InChI is InChI=1S/C17H19N5O3/c1-9-12(10(2)22-21-9)8-18-15(23)7-14-17(25)19-13-6-4-3-5-11(13)16(24)20-14/h3-6,14H,7-8H2,1-2H3,(H,18,23)(H,19,25)(H,20,24)(H,21,22)/t14-/m0/s1. The lowest BCUT2D eigenvalue weighted by Gasteiger charge is -2.14. The molecule has 0 aliphatic carbocycles. The summed E-state index contributed by atoms with van der Waals surface area (Å²) in [5.41, 5.74) is 3.43. The summed E-state index contributed by atoms with van der Waals surface area (Å²) in [4.78, 5) is 36.7. The van der Waals surface area contributed by atoms with Crippen LogP contribution in [0.1, 0.15) is 33.7 Å². The smallest absolute Gasteiger partial charge is 0.254 e. The number of anilines is 1. The topological polar surface area (TPSA) is 116 Å². The Balaban J connectivity index is 1.64. The molecule has 8 nitrogen and oxygen atoms in total. The zero-order chi connectivity index (χ0) is 18.0. The summed E-state index contributed by atoms with van der Waals surface area (Å²) in [7, 11) is 0. The molecule has 1 aliphatic heterocycles. The fourth-order valence-corrected chi connectivity index (χ4v) is 2.73. The molecule has 0 saturated heterocycles. The van der Waals surface area contributed by atoms with Crippen LogP contribution in [0.15, 0.2) is 24.3 Å². The molecule has 4 N–H and O–H groups in total. The second-order valence-electron chi connectivity index (χ2n) is 5.95. The minimum atomic E-state index is -0.925. The third-order valence-corrected chi connectivity index (χ3v) is 4.18. The van der Waals surface area contributed by atoms with Crippen LogP contribution < -0.4 is 16.0 Å². The van der Waals surface area contributed by atoms with Crippen molar-refractivity contribution in [1.82, 2.24) is 20.8 Å². The summed E-state index contributed by atoms with van der Waals surface area (Å²) >= 11 is 0. The van der Waals surface area contributed by atoms with Crippen LogP contribution in [0.2, 0.25) is 0 Å². The third-order valence-electron chi connectivity index (χ3n) is 4.18. The molecular weight excluding hydrogens is 322 g/mol. The number of carbonyl (C=O) groups excluding carboxylic acids is 3. The lowest BCUT2D eigenvalue weighted by atomic mass is 10.1. The second-order valence-corrected chi connectivity index (χ2v) is 5.95. The second kappa shape index (κ2) is 6.76. The van der Waals surface area contributed by atoms with Crippen LogP contribution in [0.3, 0.4) is 0 Å². The first-order valence-electron chi connectivity index (χ1n) is 7.93. The molecule has 0 saturated carbocycles. The van der Waals surface area contributed by atoms with Gasteiger partial charge in [0, 0.05) is 17.8 Å². The molecule has 1 aromatic heterocycles. The number of fused-ring (bicyclic) bond motifs is 1. The number of hydrogen-bond acceptors (Lipinski definition) is 4. The van der Waals surface area contributed by atoms with E-state index in [4.69, 9.17) is 0 Å². The van der Waals surface area contributed by atoms with Crippen molar-refractivity contribution in [2.75, 3.05) is 5.32 Å². The maximum absolute atomic E-state index is 12.3. The van der Waals surface area contributed by atoms with Crippen LogP contribution in [-0.2, 0) is 16.1 Å². The highest BCUT2D eigenvalue weighted by Crippen LogP contribution is 2.18. The number of rotatable bonds is 4. The van der Waals surface area contributed by atoms with Gasteiger partial charge in [-0.15, -0.1) is 0 Å². The molecule has 25 heavy (non-hydrogen) atoms. The normalized spacial score (nSPS) is 16.5. The van der Waals surface area contributed by atoms with Crippen molar-refractivity contribution < 1.29 is 14.4 Å². The number of amides is 3. The molecule has 0 fully saturated rings. The third kappa shape index (κ3) is 3.52. The number of hydrogen-bond donors (Lipinski definition) is 4. The van der Waals surface area contributed by atoms with Crippen molar-refractivity contribution in [2.24, 2.45) is 0 Å². The van der Waals surface area contributed by atoms with Crippen molar-refractivity contribution in [2.45, 2.75) is 32.9 Å². The van der Waals surface area contributed by atoms with Gasteiger partial charge in [-0.05, 0) is 26.0 Å². The Labute approximate surface area is 144 Å². The molecule has 130 valence electrons. The van der Waals surface area contributed by atoms with Crippen molar-refractivity contribution in [3.8, 4) is 0 Å². The average Bonchev–Trinajstić information content (AvgIpc) is 2.84. The monoisotopic (exact) mass is 341 g/mol. The maximum Gasteiger partial charge on any atom is 0.254 e. The first kappa shape index (κ1) is 16.7. The van der Waals surface area contributed by atoms with Gasteiger partial charge in [0.05, 0.1) is 23.4 Å². The highest BCUT2D eigenvalue weighted by molar-refractivity contribution is 6.10. The summed E-state index contributed by atoms with van der Waals surface area (Å²) in [6.45, 7) is 4.04. The van der Waals surface area contributed by atoms with E-state index in [0.717, 1.165) is 17.0 Å². The van der Waals surface area contributed by atoms with E-state index in [-0.39, 0.29) is 18.2 Å². The summed E-state index contributed by atoms with van der Waals surface area (Å²) in [6.07, 6.45) is -0.137. The first-order valence-corrected chi connectivity index (χ1v) is 7.93. The number of carbonyl (C=O) groups is 3. The largest absolute Gasteiger partial charge is 0.352 e. The quantitative estimate of drug-likeness (QED) is 0.658. The summed E-state index contributed by atoms with van der Waals surface area (Å²) in [5, 5.41) is 15.0. The van der Waals surface area contributed by atoms with Crippen LogP contribution in [0.4, 0.5) is 5.69 Å². The summed E-state index contributed by atoms with van der Waals surface area (Å²) in [6, 6.07) is 5.80. The van der Waals surface area contributed by atoms with Crippen molar-refractivity contribution >= 4 is 23.4 Å². The van der Waals surface area contributed by atoms with Crippen molar-refractivity contribution in [3.05, 3.63) is 46.8 Å². The first-order chi connectivity index (χ1) is 12.0. The lowest BCUT2D eigenvalue weighted by Crippen LogP contribution is -2.44. The zero-order valence-corrected chi connectivity index (χ0v) is 14.0. The average molecular weight is 341 g/mol. The van der Waals surface area contributed by atoms with Crippen molar-refractivity contribution in [1.29, 1.82) is 0 Å². The van der Waals surface area contributed by atoms with E-state index in [1.54, 1.807) is 24.3 Å². The Morgan fingerprint density at radius 1 is 1.24 bits per heavy atom. The molecule has 1 aliphatic rings. The number of benzene rings is 1. The van der Waals surface area contributed by atoms with E-state index < -0.39 is 11.9 Å². The van der Waals surface area contributed by atoms with E-state index in [9.17, 15) is 14.4 Å². The molecule has 2 aromatic rings. The van der Waals surface area contributed by atoms with E-state index in [0.29, 0.717) is 17.8 Å². The summed E-state index contributed by atoms with van der Waals surface area (Å²) in [5.74, 6) is -1.12.